The van der Waals surface area contributed by atoms with Gasteiger partial charge in [0.05, 0.1) is 15.8 Å². The van der Waals surface area contributed by atoms with Gasteiger partial charge in [-0.25, -0.2) is 10.3 Å². The average molecular weight is 398 g/mol. The van der Waals surface area contributed by atoms with Crippen LogP contribution in [0.2, 0.25) is 0 Å². The average Bonchev–Trinajstić information content (AvgIpc) is 3.42. The van der Waals surface area contributed by atoms with E-state index in [0.29, 0.717) is 11.5 Å². The fourth-order valence-electron chi connectivity index (χ4n) is 3.14. The Morgan fingerprint density at radius 2 is 2.11 bits per heavy atom. The van der Waals surface area contributed by atoms with Crippen LogP contribution in [0.25, 0.3) is 10.6 Å². The van der Waals surface area contributed by atoms with Gasteiger partial charge in [-0.05, 0) is 43.5 Å². The van der Waals surface area contributed by atoms with Crippen LogP contribution in [-0.2, 0) is 9.57 Å². The van der Waals surface area contributed by atoms with Gasteiger partial charge in [0.25, 0.3) is 5.91 Å². The van der Waals surface area contributed by atoms with E-state index in [0.717, 1.165) is 29.8 Å². The van der Waals surface area contributed by atoms with E-state index in [4.69, 9.17) is 14.7 Å². The number of ether oxygens (including phenoxy) is 1. The Labute approximate surface area is 168 Å². The molecule has 0 aliphatic carbocycles. The molecule has 2 aromatic heterocycles. The van der Waals surface area contributed by atoms with E-state index in [9.17, 15) is 4.79 Å². The summed E-state index contributed by atoms with van der Waals surface area (Å²) in [6, 6.07) is 16.1. The number of benzene rings is 1. The second kappa shape index (κ2) is 8.68. The number of nitrogens with one attached hydrogen (secondary N) is 1. The molecule has 146 valence electrons. The maximum atomic E-state index is 12.3. The van der Waals surface area contributed by atoms with Crippen LogP contribution in [0, 0.1) is 0 Å². The molecule has 1 amide bonds. The zero-order chi connectivity index (χ0) is 19.3. The van der Waals surface area contributed by atoms with Crippen LogP contribution >= 0.6 is 11.3 Å². The summed E-state index contributed by atoms with van der Waals surface area (Å²) >= 11 is 1.39. The highest BCUT2D eigenvalue weighted by Crippen LogP contribution is 2.28. The van der Waals surface area contributed by atoms with E-state index in [1.165, 1.54) is 16.9 Å². The first kappa shape index (κ1) is 18.9. The first-order valence-corrected chi connectivity index (χ1v) is 10.3. The van der Waals surface area contributed by atoms with Gasteiger partial charge in [0.1, 0.15) is 5.69 Å². The molecule has 3 heterocycles. The topological polar surface area (TPSA) is 65.4 Å². The van der Waals surface area contributed by atoms with Crippen LogP contribution in [0.15, 0.2) is 54.7 Å². The normalized spacial score (nSPS) is 18.0. The molecule has 28 heavy (non-hydrogen) atoms. The first-order valence-electron chi connectivity index (χ1n) is 9.48. The molecule has 2 unspecified atom stereocenters. The number of thiophene rings is 1. The molecule has 2 atom stereocenters. The Morgan fingerprint density at radius 1 is 1.25 bits per heavy atom. The Balaban J connectivity index is 1.40. The van der Waals surface area contributed by atoms with Crippen molar-refractivity contribution in [2.24, 2.45) is 0 Å². The van der Waals surface area contributed by atoms with Crippen LogP contribution in [0.4, 0.5) is 0 Å². The van der Waals surface area contributed by atoms with Gasteiger partial charge in [-0.2, -0.15) is 5.10 Å². The molecule has 1 saturated heterocycles. The summed E-state index contributed by atoms with van der Waals surface area (Å²) in [6.07, 6.45) is 4.50. The molecular formula is C21H23N3O3S. The fraction of sp³-hybridized carbons (Fsp3) is 0.333. The molecule has 0 bridgehead atoms. The minimum atomic E-state index is -0.354. The van der Waals surface area contributed by atoms with E-state index in [2.05, 4.69) is 24.5 Å². The molecular weight excluding hydrogens is 374 g/mol. The molecule has 1 aromatic carbocycles. The van der Waals surface area contributed by atoms with Gasteiger partial charge in [-0.3, -0.25) is 9.48 Å². The predicted molar refractivity (Wildman–Crippen MR) is 108 cm³/mol. The van der Waals surface area contributed by atoms with Gasteiger partial charge in [0.15, 0.2) is 6.29 Å². The number of nitrogens with zero attached hydrogens (tertiary/aromatic N) is 2. The Bertz CT molecular complexity index is 916. The van der Waals surface area contributed by atoms with E-state index >= 15 is 0 Å². The Kier molecular flexibility index (Phi) is 5.85. The van der Waals surface area contributed by atoms with E-state index < -0.39 is 0 Å². The van der Waals surface area contributed by atoms with Crippen molar-refractivity contribution in [3.8, 4) is 10.6 Å². The van der Waals surface area contributed by atoms with Gasteiger partial charge in [0, 0.05) is 19.2 Å². The number of amides is 1. The molecule has 7 heteroatoms. The van der Waals surface area contributed by atoms with Crippen molar-refractivity contribution in [3.63, 3.8) is 0 Å². The lowest BCUT2D eigenvalue weighted by Crippen LogP contribution is -2.32. The summed E-state index contributed by atoms with van der Waals surface area (Å²) in [5.41, 5.74) is 4.55. The van der Waals surface area contributed by atoms with Gasteiger partial charge in [-0.15, -0.1) is 11.3 Å². The fourth-order valence-corrected chi connectivity index (χ4v) is 4.00. The van der Waals surface area contributed by atoms with Crippen molar-refractivity contribution in [2.75, 3.05) is 6.61 Å². The van der Waals surface area contributed by atoms with Crippen molar-refractivity contribution in [3.05, 3.63) is 65.2 Å². The summed E-state index contributed by atoms with van der Waals surface area (Å²) in [5.74, 6) is -0.262. The molecule has 0 spiro atoms. The number of hydrogen-bond acceptors (Lipinski definition) is 5. The zero-order valence-corrected chi connectivity index (χ0v) is 16.5. The van der Waals surface area contributed by atoms with Crippen molar-refractivity contribution in [1.29, 1.82) is 0 Å². The lowest BCUT2D eigenvalue weighted by Gasteiger charge is -2.21. The van der Waals surface area contributed by atoms with Crippen molar-refractivity contribution in [2.45, 2.75) is 38.5 Å². The van der Waals surface area contributed by atoms with Crippen LogP contribution in [0.3, 0.4) is 0 Å². The standard InChI is InChI=1S/C21H23N3O3S/c1-15(16-7-3-2-4-8-16)24-13-12-17(22-24)18-10-11-19(28-18)21(25)23-27-20-9-5-6-14-26-20/h2-4,7-8,10-13,15,20H,5-6,9,14H2,1H3,(H,23,25). The van der Waals surface area contributed by atoms with E-state index in [-0.39, 0.29) is 18.2 Å². The van der Waals surface area contributed by atoms with Gasteiger partial charge in [0.2, 0.25) is 0 Å². The maximum Gasteiger partial charge on any atom is 0.285 e. The summed E-state index contributed by atoms with van der Waals surface area (Å²) in [5, 5.41) is 4.69. The maximum absolute atomic E-state index is 12.3. The van der Waals surface area contributed by atoms with Gasteiger partial charge >= 0.3 is 0 Å². The predicted octanol–water partition coefficient (Wildman–Crippen LogP) is 4.41. The van der Waals surface area contributed by atoms with Crippen molar-refractivity contribution < 1.29 is 14.4 Å². The number of aromatic nitrogens is 2. The quantitative estimate of drug-likeness (QED) is 0.626. The highest BCUT2D eigenvalue weighted by Gasteiger charge is 2.18. The third-order valence-electron chi connectivity index (χ3n) is 4.79. The second-order valence-corrected chi connectivity index (χ2v) is 7.86. The highest BCUT2D eigenvalue weighted by molar-refractivity contribution is 7.17. The molecule has 4 rings (SSSR count). The number of carbonyl (C=O) groups is 1. The molecule has 1 aliphatic rings. The molecule has 1 aliphatic heterocycles. The molecule has 3 aromatic rings. The van der Waals surface area contributed by atoms with Crippen LogP contribution in [0.1, 0.15) is 47.5 Å². The summed E-state index contributed by atoms with van der Waals surface area (Å²) < 4.78 is 7.39. The van der Waals surface area contributed by atoms with E-state index in [1.54, 1.807) is 6.07 Å². The number of rotatable bonds is 6. The third kappa shape index (κ3) is 4.32. The van der Waals surface area contributed by atoms with Crippen molar-refractivity contribution >= 4 is 17.2 Å². The van der Waals surface area contributed by atoms with Crippen molar-refractivity contribution in [1.82, 2.24) is 15.3 Å². The summed E-state index contributed by atoms with van der Waals surface area (Å²) in [7, 11) is 0. The molecule has 1 fully saturated rings. The third-order valence-corrected chi connectivity index (χ3v) is 5.90. The summed E-state index contributed by atoms with van der Waals surface area (Å²) in [4.78, 5) is 19.2. The number of carbonyl (C=O) groups excluding carboxylic acids is 1. The lowest BCUT2D eigenvalue weighted by molar-refractivity contribution is -0.186. The Morgan fingerprint density at radius 3 is 2.89 bits per heavy atom. The minimum absolute atomic E-state index is 0.140. The van der Waals surface area contributed by atoms with Crippen LogP contribution in [-0.4, -0.2) is 28.6 Å². The van der Waals surface area contributed by atoms with Gasteiger partial charge in [-0.1, -0.05) is 30.3 Å². The second-order valence-electron chi connectivity index (χ2n) is 6.78. The number of hydrogen-bond donors (Lipinski definition) is 1. The van der Waals surface area contributed by atoms with Crippen LogP contribution < -0.4 is 5.48 Å². The highest BCUT2D eigenvalue weighted by atomic mass is 32.1. The largest absolute Gasteiger partial charge is 0.350 e. The van der Waals surface area contributed by atoms with E-state index in [1.807, 2.05) is 41.2 Å². The Hall–Kier alpha value is -2.48. The lowest BCUT2D eigenvalue weighted by atomic mass is 10.1. The molecule has 0 saturated carbocycles. The summed E-state index contributed by atoms with van der Waals surface area (Å²) in [6.45, 7) is 2.79. The van der Waals surface area contributed by atoms with Gasteiger partial charge < -0.3 is 4.74 Å². The monoisotopic (exact) mass is 397 g/mol. The molecule has 6 nitrogen and oxygen atoms in total. The SMILES string of the molecule is CC(c1ccccc1)n1ccc(-c2ccc(C(=O)NOC3CCCCO3)s2)n1. The smallest absolute Gasteiger partial charge is 0.285 e. The molecule has 0 radical (unpaired) electrons. The van der Waals surface area contributed by atoms with Crippen LogP contribution in [0.5, 0.6) is 0 Å². The number of hydroxylamine groups is 1. The minimum Gasteiger partial charge on any atom is -0.350 e. The molecule has 1 N–H and O–H groups in total. The zero-order valence-electron chi connectivity index (χ0n) is 15.7. The first-order chi connectivity index (χ1) is 13.7.